The minimum atomic E-state index is -0.145. The number of hydrogen-bond donors (Lipinski definition) is 0. The van der Waals surface area contributed by atoms with Gasteiger partial charge in [-0.3, -0.25) is 0 Å². The number of hydrogen-bond acceptors (Lipinski definition) is 3. The Labute approximate surface area is 112 Å². The van der Waals surface area contributed by atoms with Gasteiger partial charge in [0, 0.05) is 17.2 Å². The van der Waals surface area contributed by atoms with Crippen molar-refractivity contribution in [3.05, 3.63) is 34.5 Å². The van der Waals surface area contributed by atoms with E-state index in [-0.39, 0.29) is 5.41 Å². The highest BCUT2D eigenvalue weighted by Gasteiger charge is 2.21. The summed E-state index contributed by atoms with van der Waals surface area (Å²) in [5.41, 5.74) is 1.78. The molecule has 2 heterocycles. The summed E-state index contributed by atoms with van der Waals surface area (Å²) < 4.78 is 1.74. The summed E-state index contributed by atoms with van der Waals surface area (Å²) in [6.07, 6.45) is 3.73. The highest BCUT2D eigenvalue weighted by atomic mass is 35.5. The van der Waals surface area contributed by atoms with Crippen molar-refractivity contribution >= 4 is 11.6 Å². The first kappa shape index (κ1) is 13.0. The minimum absolute atomic E-state index is 0.145. The predicted molar refractivity (Wildman–Crippen MR) is 72.3 cm³/mol. The van der Waals surface area contributed by atoms with Crippen molar-refractivity contribution in [1.29, 1.82) is 0 Å². The third-order valence-electron chi connectivity index (χ3n) is 2.66. The molecule has 0 saturated carbocycles. The molecule has 0 amide bonds. The SMILES string of the molecule is Cc1cnn(-c2nc(C(C)(C)C)nc(Cl)c2C)c1. The van der Waals surface area contributed by atoms with Crippen molar-refractivity contribution in [2.24, 2.45) is 0 Å². The van der Waals surface area contributed by atoms with E-state index in [1.807, 2.05) is 20.0 Å². The molecule has 2 rings (SSSR count). The molecule has 0 aliphatic rings. The first-order valence-electron chi connectivity index (χ1n) is 5.85. The largest absolute Gasteiger partial charge is 0.222 e. The molecule has 0 aromatic carbocycles. The van der Waals surface area contributed by atoms with Crippen LogP contribution in [0.5, 0.6) is 0 Å². The normalized spacial score (nSPS) is 11.9. The Morgan fingerprint density at radius 2 is 1.83 bits per heavy atom. The summed E-state index contributed by atoms with van der Waals surface area (Å²) in [7, 11) is 0. The summed E-state index contributed by atoms with van der Waals surface area (Å²) in [6.45, 7) is 10.1. The molecule has 5 heteroatoms. The minimum Gasteiger partial charge on any atom is -0.222 e. The molecule has 18 heavy (non-hydrogen) atoms. The molecular formula is C13H17ClN4. The van der Waals surface area contributed by atoms with Gasteiger partial charge in [-0.2, -0.15) is 5.10 Å². The van der Waals surface area contributed by atoms with Crippen molar-refractivity contribution in [1.82, 2.24) is 19.7 Å². The Morgan fingerprint density at radius 1 is 1.17 bits per heavy atom. The lowest BCUT2D eigenvalue weighted by atomic mass is 9.95. The van der Waals surface area contributed by atoms with Gasteiger partial charge >= 0.3 is 0 Å². The highest BCUT2D eigenvalue weighted by molar-refractivity contribution is 6.30. The van der Waals surface area contributed by atoms with Crippen molar-refractivity contribution in [2.75, 3.05) is 0 Å². The summed E-state index contributed by atoms with van der Waals surface area (Å²) in [4.78, 5) is 8.94. The Bertz CT molecular complexity index is 581. The fraction of sp³-hybridized carbons (Fsp3) is 0.462. The van der Waals surface area contributed by atoms with Gasteiger partial charge in [0.1, 0.15) is 11.0 Å². The molecule has 2 aromatic rings. The molecule has 0 atom stereocenters. The second kappa shape index (κ2) is 4.35. The van der Waals surface area contributed by atoms with E-state index in [4.69, 9.17) is 11.6 Å². The van der Waals surface area contributed by atoms with Gasteiger partial charge in [0.05, 0.1) is 6.20 Å². The van der Waals surface area contributed by atoms with Crippen LogP contribution in [0.4, 0.5) is 0 Å². The fourth-order valence-electron chi connectivity index (χ4n) is 1.57. The van der Waals surface area contributed by atoms with Gasteiger partial charge in [-0.15, -0.1) is 0 Å². The Kier molecular flexibility index (Phi) is 3.15. The Hall–Kier alpha value is -1.42. The highest BCUT2D eigenvalue weighted by Crippen LogP contribution is 2.25. The topological polar surface area (TPSA) is 43.6 Å². The molecule has 0 N–H and O–H groups in total. The average molecular weight is 265 g/mol. The second-order valence-electron chi connectivity index (χ2n) is 5.50. The third kappa shape index (κ3) is 2.38. The van der Waals surface area contributed by atoms with Gasteiger partial charge in [-0.1, -0.05) is 32.4 Å². The molecule has 0 radical (unpaired) electrons. The molecule has 0 aliphatic heterocycles. The van der Waals surface area contributed by atoms with E-state index in [1.165, 1.54) is 0 Å². The zero-order valence-electron chi connectivity index (χ0n) is 11.3. The predicted octanol–water partition coefficient (Wildman–Crippen LogP) is 3.23. The lowest BCUT2D eigenvalue weighted by molar-refractivity contribution is 0.541. The molecule has 4 nitrogen and oxygen atoms in total. The van der Waals surface area contributed by atoms with Gasteiger partial charge in [0.25, 0.3) is 0 Å². The number of nitrogens with zero attached hydrogens (tertiary/aromatic N) is 4. The Balaban J connectivity index is 2.63. The van der Waals surface area contributed by atoms with E-state index in [0.717, 1.165) is 22.8 Å². The lowest BCUT2D eigenvalue weighted by Crippen LogP contribution is -2.18. The van der Waals surface area contributed by atoms with Crippen LogP contribution in [0.25, 0.3) is 5.82 Å². The van der Waals surface area contributed by atoms with E-state index < -0.39 is 0 Å². The maximum absolute atomic E-state index is 6.19. The van der Waals surface area contributed by atoms with Gasteiger partial charge in [-0.25, -0.2) is 14.6 Å². The lowest BCUT2D eigenvalue weighted by Gasteiger charge is -2.18. The molecule has 0 spiro atoms. The molecule has 0 saturated heterocycles. The van der Waals surface area contributed by atoms with Crippen LogP contribution in [0.1, 0.15) is 37.7 Å². The van der Waals surface area contributed by atoms with Crippen LogP contribution in [-0.2, 0) is 5.41 Å². The number of aromatic nitrogens is 4. The molecule has 0 bridgehead atoms. The second-order valence-corrected chi connectivity index (χ2v) is 5.86. The summed E-state index contributed by atoms with van der Waals surface area (Å²) in [5.74, 6) is 1.47. The first-order valence-corrected chi connectivity index (χ1v) is 6.23. The van der Waals surface area contributed by atoms with Gasteiger partial charge in [0.2, 0.25) is 0 Å². The van der Waals surface area contributed by atoms with E-state index in [9.17, 15) is 0 Å². The van der Waals surface area contributed by atoms with Crippen LogP contribution in [0.2, 0.25) is 5.15 Å². The molecule has 0 unspecified atom stereocenters. The van der Waals surface area contributed by atoms with Gasteiger partial charge in [0.15, 0.2) is 5.82 Å². The van der Waals surface area contributed by atoms with Gasteiger partial charge in [-0.05, 0) is 19.4 Å². The van der Waals surface area contributed by atoms with E-state index in [1.54, 1.807) is 10.9 Å². The zero-order chi connectivity index (χ0) is 13.5. The number of halogens is 1. The molecule has 96 valence electrons. The zero-order valence-corrected chi connectivity index (χ0v) is 12.1. The van der Waals surface area contributed by atoms with E-state index in [0.29, 0.717) is 5.15 Å². The maximum atomic E-state index is 6.19. The van der Waals surface area contributed by atoms with Crippen LogP contribution in [0.15, 0.2) is 12.4 Å². The van der Waals surface area contributed by atoms with Crippen LogP contribution in [-0.4, -0.2) is 19.7 Å². The number of aryl methyl sites for hydroxylation is 1. The van der Waals surface area contributed by atoms with Crippen LogP contribution >= 0.6 is 11.6 Å². The van der Waals surface area contributed by atoms with Crippen LogP contribution in [0, 0.1) is 13.8 Å². The van der Waals surface area contributed by atoms with Gasteiger partial charge < -0.3 is 0 Å². The van der Waals surface area contributed by atoms with Crippen molar-refractivity contribution in [3.63, 3.8) is 0 Å². The Morgan fingerprint density at radius 3 is 2.33 bits per heavy atom. The smallest absolute Gasteiger partial charge is 0.161 e. The standard InChI is InChI=1S/C13H17ClN4/c1-8-6-15-18(7-8)11-9(2)10(14)16-12(17-11)13(3,4)5/h6-7H,1-5H3. The van der Waals surface area contributed by atoms with E-state index >= 15 is 0 Å². The third-order valence-corrected chi connectivity index (χ3v) is 3.03. The average Bonchev–Trinajstić information content (AvgIpc) is 2.67. The summed E-state index contributed by atoms with van der Waals surface area (Å²) in [6, 6.07) is 0. The van der Waals surface area contributed by atoms with Crippen LogP contribution in [0.3, 0.4) is 0 Å². The fourth-order valence-corrected chi connectivity index (χ4v) is 1.73. The van der Waals surface area contributed by atoms with Crippen LogP contribution < -0.4 is 0 Å². The molecule has 0 fully saturated rings. The van der Waals surface area contributed by atoms with Crippen molar-refractivity contribution in [3.8, 4) is 5.82 Å². The molecular weight excluding hydrogens is 248 g/mol. The monoisotopic (exact) mass is 264 g/mol. The van der Waals surface area contributed by atoms with Crippen molar-refractivity contribution < 1.29 is 0 Å². The molecule has 0 aliphatic carbocycles. The summed E-state index contributed by atoms with van der Waals surface area (Å²) >= 11 is 6.19. The summed E-state index contributed by atoms with van der Waals surface area (Å²) in [5, 5.41) is 4.76. The quantitative estimate of drug-likeness (QED) is 0.743. The maximum Gasteiger partial charge on any atom is 0.161 e. The number of rotatable bonds is 1. The van der Waals surface area contributed by atoms with Crippen molar-refractivity contribution in [2.45, 2.75) is 40.0 Å². The van der Waals surface area contributed by atoms with E-state index in [2.05, 4.69) is 35.8 Å². The first-order chi connectivity index (χ1) is 8.29. The molecule has 2 aromatic heterocycles.